The molecule has 0 unspecified atom stereocenters. The van der Waals surface area contributed by atoms with E-state index in [-0.39, 0.29) is 18.9 Å². The summed E-state index contributed by atoms with van der Waals surface area (Å²) in [5.74, 6) is -1.47. The number of anilines is 1. The zero-order valence-electron chi connectivity index (χ0n) is 15.5. The number of fused-ring (bicyclic) bond motifs is 1. The molecule has 28 heavy (non-hydrogen) atoms. The van der Waals surface area contributed by atoms with Crippen molar-refractivity contribution in [1.82, 2.24) is 0 Å². The molecule has 0 saturated heterocycles. The second-order valence-electron chi connectivity index (χ2n) is 6.90. The smallest absolute Gasteiger partial charge is 0.233 e. The lowest BCUT2D eigenvalue weighted by Gasteiger charge is -2.23. The van der Waals surface area contributed by atoms with Gasteiger partial charge in [0.25, 0.3) is 0 Å². The second-order valence-corrected chi connectivity index (χ2v) is 7.84. The van der Waals surface area contributed by atoms with Gasteiger partial charge >= 0.3 is 0 Å². The van der Waals surface area contributed by atoms with Crippen molar-refractivity contribution in [2.24, 2.45) is 4.99 Å². The molecule has 0 bridgehead atoms. The van der Waals surface area contributed by atoms with Gasteiger partial charge < -0.3 is 4.90 Å². The monoisotopic (exact) mass is 396 g/mol. The summed E-state index contributed by atoms with van der Waals surface area (Å²) in [6.07, 6.45) is 0.130. The Kier molecular flexibility index (Phi) is 4.81. The number of hydrogen-bond donors (Lipinski definition) is 0. The van der Waals surface area contributed by atoms with Crippen LogP contribution in [0.15, 0.2) is 52.8 Å². The number of rotatable bonds is 3. The fourth-order valence-electron chi connectivity index (χ4n) is 3.29. The molecular formula is C22H18F2N2OS. The van der Waals surface area contributed by atoms with Crippen LogP contribution in [-0.4, -0.2) is 11.6 Å². The van der Waals surface area contributed by atoms with Gasteiger partial charge in [-0.1, -0.05) is 6.07 Å². The average molecular weight is 396 g/mol. The highest BCUT2D eigenvalue weighted by Gasteiger charge is 2.26. The number of aliphatic imine (C=N–C) groups is 1. The Morgan fingerprint density at radius 1 is 1.07 bits per heavy atom. The van der Waals surface area contributed by atoms with Crippen LogP contribution in [0.3, 0.4) is 0 Å². The lowest BCUT2D eigenvalue weighted by molar-refractivity contribution is -0.117. The minimum atomic E-state index is -0.659. The van der Waals surface area contributed by atoms with Crippen LogP contribution in [0, 0.1) is 25.5 Å². The van der Waals surface area contributed by atoms with Gasteiger partial charge in [0.1, 0.15) is 11.6 Å². The van der Waals surface area contributed by atoms with E-state index in [0.717, 1.165) is 22.1 Å². The summed E-state index contributed by atoms with van der Waals surface area (Å²) in [5.41, 5.74) is 4.54. The maximum Gasteiger partial charge on any atom is 0.233 e. The quantitative estimate of drug-likeness (QED) is 0.559. The first-order valence-electron chi connectivity index (χ1n) is 8.89. The van der Waals surface area contributed by atoms with Crippen LogP contribution in [0.5, 0.6) is 0 Å². The Hall–Kier alpha value is -2.86. The molecule has 0 N–H and O–H groups in total. The fraction of sp³-hybridized carbons (Fsp3) is 0.182. The summed E-state index contributed by atoms with van der Waals surface area (Å²) in [6.45, 7) is 4.04. The molecule has 0 radical (unpaired) electrons. The molecule has 1 amide bonds. The average Bonchev–Trinajstić information content (AvgIpc) is 3.12. The number of nitrogens with zero attached hydrogens (tertiary/aromatic N) is 2. The van der Waals surface area contributed by atoms with E-state index in [1.807, 2.05) is 43.5 Å². The summed E-state index contributed by atoms with van der Waals surface area (Å²) in [6, 6.07) is 11.1. The number of carbonyl (C=O) groups is 1. The molecule has 0 saturated carbocycles. The third-order valence-electron chi connectivity index (χ3n) is 4.83. The van der Waals surface area contributed by atoms with E-state index < -0.39 is 11.6 Å². The Morgan fingerprint density at radius 2 is 1.79 bits per heavy atom. The minimum Gasteiger partial charge on any atom is -0.306 e. The molecule has 1 aromatic heterocycles. The normalized spacial score (nSPS) is 13.9. The SMILES string of the molecule is Cc1cc2c(cc1C)N(Cc1cc(F)cc(F)c1)C(=O)CC(c1cccs1)=N2. The van der Waals surface area contributed by atoms with Gasteiger partial charge in [-0.25, -0.2) is 13.8 Å². The highest BCUT2D eigenvalue weighted by atomic mass is 32.1. The second kappa shape index (κ2) is 7.28. The van der Waals surface area contributed by atoms with E-state index in [0.29, 0.717) is 22.6 Å². The van der Waals surface area contributed by atoms with Crippen molar-refractivity contribution in [2.45, 2.75) is 26.8 Å². The summed E-state index contributed by atoms with van der Waals surface area (Å²) in [4.78, 5) is 20.4. The first-order chi connectivity index (χ1) is 13.4. The van der Waals surface area contributed by atoms with E-state index in [9.17, 15) is 13.6 Å². The van der Waals surface area contributed by atoms with Crippen molar-refractivity contribution in [3.63, 3.8) is 0 Å². The van der Waals surface area contributed by atoms with Crippen LogP contribution in [0.4, 0.5) is 20.2 Å². The maximum absolute atomic E-state index is 13.7. The first-order valence-corrected chi connectivity index (χ1v) is 9.76. The number of aryl methyl sites for hydroxylation is 2. The van der Waals surface area contributed by atoms with Crippen LogP contribution >= 0.6 is 11.3 Å². The van der Waals surface area contributed by atoms with E-state index in [4.69, 9.17) is 4.99 Å². The molecule has 2 aromatic carbocycles. The summed E-state index contributed by atoms with van der Waals surface area (Å²) >= 11 is 1.53. The van der Waals surface area contributed by atoms with Crippen LogP contribution in [0.1, 0.15) is 28.0 Å². The number of benzene rings is 2. The molecule has 0 fully saturated rings. The van der Waals surface area contributed by atoms with Gasteiger partial charge in [0.05, 0.1) is 30.1 Å². The molecule has 6 heteroatoms. The van der Waals surface area contributed by atoms with Crippen molar-refractivity contribution in [1.29, 1.82) is 0 Å². The van der Waals surface area contributed by atoms with Gasteiger partial charge in [-0.3, -0.25) is 4.79 Å². The molecule has 142 valence electrons. The molecular weight excluding hydrogens is 378 g/mol. The largest absolute Gasteiger partial charge is 0.306 e. The van der Waals surface area contributed by atoms with Gasteiger partial charge in [-0.05, 0) is 66.2 Å². The number of carbonyl (C=O) groups excluding carboxylic acids is 1. The zero-order valence-corrected chi connectivity index (χ0v) is 16.3. The Morgan fingerprint density at radius 3 is 2.46 bits per heavy atom. The maximum atomic E-state index is 13.7. The van der Waals surface area contributed by atoms with Gasteiger partial charge in [-0.15, -0.1) is 11.3 Å². The van der Waals surface area contributed by atoms with Crippen LogP contribution in [0.25, 0.3) is 0 Å². The van der Waals surface area contributed by atoms with Crippen molar-refractivity contribution >= 4 is 34.3 Å². The van der Waals surface area contributed by atoms with Gasteiger partial charge in [0, 0.05) is 10.9 Å². The van der Waals surface area contributed by atoms with E-state index in [1.54, 1.807) is 4.90 Å². The number of halogens is 2. The Bertz CT molecular complexity index is 1070. The third kappa shape index (κ3) is 3.60. The standard InChI is InChI=1S/C22H18F2N2OS/c1-13-6-18-20(7-14(13)2)26(12-15-8-16(23)10-17(24)9-15)22(27)11-19(25-18)21-4-3-5-28-21/h3-10H,11-12H2,1-2H3. The number of hydrogen-bond acceptors (Lipinski definition) is 3. The predicted octanol–water partition coefficient (Wildman–Crippen LogP) is 5.70. The highest BCUT2D eigenvalue weighted by Crippen LogP contribution is 2.37. The molecule has 3 nitrogen and oxygen atoms in total. The van der Waals surface area contributed by atoms with Crippen molar-refractivity contribution in [2.75, 3.05) is 4.90 Å². The topological polar surface area (TPSA) is 32.7 Å². The highest BCUT2D eigenvalue weighted by molar-refractivity contribution is 7.12. The first kappa shape index (κ1) is 18.5. The summed E-state index contributed by atoms with van der Waals surface area (Å²) < 4.78 is 27.3. The Labute approximate surface area is 166 Å². The van der Waals surface area contributed by atoms with Crippen LogP contribution in [-0.2, 0) is 11.3 Å². The van der Waals surface area contributed by atoms with Gasteiger partial charge in [-0.2, -0.15) is 0 Å². The molecule has 0 atom stereocenters. The van der Waals surface area contributed by atoms with Crippen molar-refractivity contribution in [3.8, 4) is 0 Å². The number of amides is 1. The van der Waals surface area contributed by atoms with E-state index in [2.05, 4.69) is 0 Å². The fourth-order valence-corrected chi connectivity index (χ4v) is 4.01. The lowest BCUT2D eigenvalue weighted by atomic mass is 10.1. The third-order valence-corrected chi connectivity index (χ3v) is 5.74. The molecule has 4 rings (SSSR count). The molecule has 3 aromatic rings. The van der Waals surface area contributed by atoms with Crippen molar-refractivity contribution < 1.29 is 13.6 Å². The van der Waals surface area contributed by atoms with Gasteiger partial charge in [0.15, 0.2) is 0 Å². The summed E-state index contributed by atoms with van der Waals surface area (Å²) in [5, 5.41) is 1.95. The van der Waals surface area contributed by atoms with E-state index >= 15 is 0 Å². The molecule has 2 heterocycles. The van der Waals surface area contributed by atoms with Crippen molar-refractivity contribution in [3.05, 3.63) is 81.0 Å². The lowest BCUT2D eigenvalue weighted by Crippen LogP contribution is -2.31. The van der Waals surface area contributed by atoms with Gasteiger partial charge in [0.2, 0.25) is 5.91 Å². The van der Waals surface area contributed by atoms with Crippen LogP contribution in [0.2, 0.25) is 0 Å². The van der Waals surface area contributed by atoms with Crippen LogP contribution < -0.4 is 4.90 Å². The minimum absolute atomic E-state index is 0.0796. The number of thiophene rings is 1. The molecule has 0 spiro atoms. The molecule has 1 aliphatic rings. The molecule has 0 aliphatic carbocycles. The molecule has 1 aliphatic heterocycles. The summed E-state index contributed by atoms with van der Waals surface area (Å²) in [7, 11) is 0. The predicted molar refractivity (Wildman–Crippen MR) is 109 cm³/mol. The Balaban J connectivity index is 1.81. The zero-order chi connectivity index (χ0) is 19.8. The van der Waals surface area contributed by atoms with E-state index in [1.165, 1.54) is 23.5 Å².